The number of primary amides is 1. The van der Waals surface area contributed by atoms with Crippen LogP contribution in [-0.4, -0.2) is 34.1 Å². The average molecular weight is 356 g/mol. The standard InChI is InChI=1S/C18H20N4O4/c19-18(25)15-9-12(5-8-26-15)10-16(23)21-13-1-3-14(4-2-13)22-7-6-20-11-17(22)24/h1-4,6-7,11-12,15H,5,8-10H2,(H2,19,25)(H,21,23). The fraction of sp³-hybridized carbons (Fsp3) is 0.333. The first-order valence-corrected chi connectivity index (χ1v) is 8.37. The van der Waals surface area contributed by atoms with E-state index in [4.69, 9.17) is 10.5 Å². The monoisotopic (exact) mass is 356 g/mol. The first-order chi connectivity index (χ1) is 12.5. The van der Waals surface area contributed by atoms with Crippen molar-refractivity contribution in [1.82, 2.24) is 9.55 Å². The second-order valence-electron chi connectivity index (χ2n) is 6.24. The van der Waals surface area contributed by atoms with Crippen LogP contribution in [0.15, 0.2) is 47.7 Å². The van der Waals surface area contributed by atoms with Gasteiger partial charge in [0.05, 0.1) is 6.20 Å². The first kappa shape index (κ1) is 17.8. The molecule has 2 unspecified atom stereocenters. The Bertz CT molecular complexity index is 847. The normalized spacial score (nSPS) is 19.7. The molecule has 136 valence electrons. The highest BCUT2D eigenvalue weighted by Crippen LogP contribution is 2.24. The summed E-state index contributed by atoms with van der Waals surface area (Å²) in [6.07, 6.45) is 5.23. The maximum Gasteiger partial charge on any atom is 0.273 e. The number of anilines is 1. The Morgan fingerprint density at radius 2 is 2.08 bits per heavy atom. The van der Waals surface area contributed by atoms with Crippen molar-refractivity contribution < 1.29 is 14.3 Å². The molecule has 3 N–H and O–H groups in total. The van der Waals surface area contributed by atoms with Crippen LogP contribution in [0, 0.1) is 5.92 Å². The molecule has 2 atom stereocenters. The number of carbonyl (C=O) groups excluding carboxylic acids is 2. The predicted octanol–water partition coefficient (Wildman–Crippen LogP) is 0.842. The molecular formula is C18H20N4O4. The maximum atomic E-state index is 12.2. The van der Waals surface area contributed by atoms with Crippen molar-refractivity contribution >= 4 is 17.5 Å². The van der Waals surface area contributed by atoms with Gasteiger partial charge in [0.1, 0.15) is 6.10 Å². The number of carbonyl (C=O) groups is 2. The summed E-state index contributed by atoms with van der Waals surface area (Å²) in [6.45, 7) is 0.431. The smallest absolute Gasteiger partial charge is 0.273 e. The molecule has 1 aromatic heterocycles. The van der Waals surface area contributed by atoms with E-state index in [-0.39, 0.29) is 17.4 Å². The van der Waals surface area contributed by atoms with E-state index < -0.39 is 12.0 Å². The average Bonchev–Trinajstić information content (AvgIpc) is 2.63. The molecule has 8 nitrogen and oxygen atoms in total. The molecule has 0 spiro atoms. The highest BCUT2D eigenvalue weighted by Gasteiger charge is 2.27. The zero-order chi connectivity index (χ0) is 18.5. The molecule has 26 heavy (non-hydrogen) atoms. The van der Waals surface area contributed by atoms with E-state index in [1.807, 2.05) is 0 Å². The van der Waals surface area contributed by atoms with Crippen LogP contribution in [-0.2, 0) is 14.3 Å². The lowest BCUT2D eigenvalue weighted by Gasteiger charge is -2.27. The van der Waals surface area contributed by atoms with Gasteiger partial charge in [-0.25, -0.2) is 0 Å². The van der Waals surface area contributed by atoms with Crippen molar-refractivity contribution in [3.05, 3.63) is 53.2 Å². The van der Waals surface area contributed by atoms with Crippen LogP contribution in [0.4, 0.5) is 5.69 Å². The summed E-state index contributed by atoms with van der Waals surface area (Å²) in [6, 6.07) is 6.95. The van der Waals surface area contributed by atoms with Crippen LogP contribution in [0.1, 0.15) is 19.3 Å². The Kier molecular flexibility index (Phi) is 5.43. The minimum Gasteiger partial charge on any atom is -0.368 e. The summed E-state index contributed by atoms with van der Waals surface area (Å²) in [5.41, 5.74) is 6.36. The third-order valence-corrected chi connectivity index (χ3v) is 4.34. The maximum absolute atomic E-state index is 12.2. The number of hydrogen-bond acceptors (Lipinski definition) is 5. The molecule has 0 saturated carbocycles. The van der Waals surface area contributed by atoms with E-state index in [0.717, 1.165) is 6.42 Å². The number of benzene rings is 1. The van der Waals surface area contributed by atoms with Gasteiger partial charge in [0.2, 0.25) is 11.8 Å². The van der Waals surface area contributed by atoms with E-state index in [1.165, 1.54) is 17.0 Å². The molecule has 2 heterocycles. The molecule has 1 fully saturated rings. The summed E-state index contributed by atoms with van der Waals surface area (Å²) >= 11 is 0. The van der Waals surface area contributed by atoms with E-state index in [1.54, 1.807) is 30.5 Å². The van der Waals surface area contributed by atoms with Crippen LogP contribution in [0.5, 0.6) is 0 Å². The molecule has 0 bridgehead atoms. The number of nitrogens with zero attached hydrogens (tertiary/aromatic N) is 2. The minimum absolute atomic E-state index is 0.0657. The van der Waals surface area contributed by atoms with Gasteiger partial charge < -0.3 is 15.8 Å². The molecule has 2 aromatic rings. The second-order valence-corrected chi connectivity index (χ2v) is 6.24. The van der Waals surface area contributed by atoms with Crippen LogP contribution >= 0.6 is 0 Å². The largest absolute Gasteiger partial charge is 0.368 e. The van der Waals surface area contributed by atoms with Gasteiger partial charge in [0.15, 0.2) is 0 Å². The quantitative estimate of drug-likeness (QED) is 0.823. The first-order valence-electron chi connectivity index (χ1n) is 8.37. The number of aromatic nitrogens is 2. The van der Waals surface area contributed by atoms with E-state index in [9.17, 15) is 14.4 Å². The molecular weight excluding hydrogens is 336 g/mol. The third kappa shape index (κ3) is 4.34. The predicted molar refractivity (Wildman–Crippen MR) is 94.7 cm³/mol. The lowest BCUT2D eigenvalue weighted by Crippen LogP contribution is -2.37. The van der Waals surface area contributed by atoms with E-state index in [2.05, 4.69) is 10.3 Å². The van der Waals surface area contributed by atoms with E-state index >= 15 is 0 Å². The fourth-order valence-corrected chi connectivity index (χ4v) is 2.99. The van der Waals surface area contributed by atoms with Crippen LogP contribution < -0.4 is 16.6 Å². The SMILES string of the molecule is NC(=O)C1CC(CC(=O)Nc2ccc(-n3ccncc3=O)cc2)CCO1. The summed E-state index contributed by atoms with van der Waals surface area (Å²) in [7, 11) is 0. The van der Waals surface area contributed by atoms with Crippen molar-refractivity contribution in [2.45, 2.75) is 25.4 Å². The van der Waals surface area contributed by atoms with Crippen molar-refractivity contribution in [2.75, 3.05) is 11.9 Å². The van der Waals surface area contributed by atoms with Crippen LogP contribution in [0.25, 0.3) is 5.69 Å². The number of ether oxygens (including phenoxy) is 1. The number of rotatable bonds is 5. The van der Waals surface area contributed by atoms with Crippen molar-refractivity contribution in [3.63, 3.8) is 0 Å². The molecule has 0 radical (unpaired) electrons. The topological polar surface area (TPSA) is 116 Å². The summed E-state index contributed by atoms with van der Waals surface area (Å²) < 4.78 is 6.76. The number of nitrogens with two attached hydrogens (primary N) is 1. The second kappa shape index (κ2) is 7.92. The molecule has 1 saturated heterocycles. The van der Waals surface area contributed by atoms with Crippen molar-refractivity contribution in [1.29, 1.82) is 0 Å². The highest BCUT2D eigenvalue weighted by atomic mass is 16.5. The summed E-state index contributed by atoms with van der Waals surface area (Å²) in [4.78, 5) is 39.0. The van der Waals surface area contributed by atoms with Gasteiger partial charge in [0, 0.05) is 36.8 Å². The molecule has 8 heteroatoms. The van der Waals surface area contributed by atoms with Gasteiger partial charge in [-0.15, -0.1) is 0 Å². The van der Waals surface area contributed by atoms with Gasteiger partial charge in [0.25, 0.3) is 5.56 Å². The Balaban J connectivity index is 1.59. The number of nitrogens with one attached hydrogen (secondary N) is 1. The molecule has 3 rings (SSSR count). The Labute approximate surface area is 150 Å². The summed E-state index contributed by atoms with van der Waals surface area (Å²) in [5, 5.41) is 2.83. The Morgan fingerprint density at radius 1 is 1.31 bits per heavy atom. The lowest BCUT2D eigenvalue weighted by molar-refractivity contribution is -0.135. The van der Waals surface area contributed by atoms with Crippen molar-refractivity contribution in [3.8, 4) is 5.69 Å². The van der Waals surface area contributed by atoms with Crippen molar-refractivity contribution in [2.24, 2.45) is 11.7 Å². The number of hydrogen-bond donors (Lipinski definition) is 2. The molecule has 1 aliphatic rings. The van der Waals surface area contributed by atoms with E-state index in [0.29, 0.717) is 30.8 Å². The number of amides is 2. The van der Waals surface area contributed by atoms with Gasteiger partial charge in [-0.3, -0.25) is 23.9 Å². The molecule has 1 aromatic carbocycles. The van der Waals surface area contributed by atoms with Gasteiger partial charge >= 0.3 is 0 Å². The van der Waals surface area contributed by atoms with Crippen LogP contribution in [0.2, 0.25) is 0 Å². The zero-order valence-corrected chi connectivity index (χ0v) is 14.1. The Morgan fingerprint density at radius 3 is 2.77 bits per heavy atom. The minimum atomic E-state index is -0.612. The fourth-order valence-electron chi connectivity index (χ4n) is 2.99. The molecule has 1 aliphatic heterocycles. The third-order valence-electron chi connectivity index (χ3n) is 4.34. The van der Waals surface area contributed by atoms with Gasteiger partial charge in [-0.05, 0) is 43.0 Å². The highest BCUT2D eigenvalue weighted by molar-refractivity contribution is 5.91. The lowest BCUT2D eigenvalue weighted by atomic mass is 9.92. The van der Waals surface area contributed by atoms with Gasteiger partial charge in [-0.2, -0.15) is 0 Å². The van der Waals surface area contributed by atoms with Crippen LogP contribution in [0.3, 0.4) is 0 Å². The Hall–Kier alpha value is -3.00. The summed E-state index contributed by atoms with van der Waals surface area (Å²) in [5.74, 6) is -0.554. The zero-order valence-electron chi connectivity index (χ0n) is 14.1. The molecule has 0 aliphatic carbocycles. The van der Waals surface area contributed by atoms with Gasteiger partial charge in [-0.1, -0.05) is 0 Å². The molecule has 2 amide bonds.